The summed E-state index contributed by atoms with van der Waals surface area (Å²) in [5, 5.41) is 0.935. The molecule has 0 saturated carbocycles. The van der Waals surface area contributed by atoms with Crippen molar-refractivity contribution in [2.45, 2.75) is 27.3 Å². The maximum atomic E-state index is 12.9. The highest BCUT2D eigenvalue weighted by Gasteiger charge is 2.15. The minimum Gasteiger partial charge on any atom is -0.311 e. The number of pyridine rings is 1. The molecule has 0 saturated heterocycles. The predicted octanol–water partition coefficient (Wildman–Crippen LogP) is 3.91. The second kappa shape index (κ2) is 6.55. The van der Waals surface area contributed by atoms with Gasteiger partial charge in [0.2, 0.25) is 0 Å². The van der Waals surface area contributed by atoms with Gasteiger partial charge in [-0.3, -0.25) is 9.59 Å². The number of rotatable bonds is 3. The molecule has 128 valence electrons. The van der Waals surface area contributed by atoms with E-state index in [-0.39, 0.29) is 11.5 Å². The first kappa shape index (κ1) is 17.0. The smallest absolute Gasteiger partial charge is 0.258 e. The van der Waals surface area contributed by atoms with Crippen LogP contribution >= 0.6 is 0 Å². The van der Waals surface area contributed by atoms with Gasteiger partial charge >= 0.3 is 0 Å². The predicted molar refractivity (Wildman–Crippen MR) is 103 cm³/mol. The topological polar surface area (TPSA) is 42.3 Å². The third-order valence-electron chi connectivity index (χ3n) is 4.57. The van der Waals surface area contributed by atoms with Crippen molar-refractivity contribution >= 4 is 22.5 Å². The molecule has 4 heteroatoms. The average molecular weight is 334 g/mol. The van der Waals surface area contributed by atoms with E-state index in [1.54, 1.807) is 28.6 Å². The normalized spacial score (nSPS) is 10.9. The monoisotopic (exact) mass is 334 g/mol. The molecular weight excluding hydrogens is 312 g/mol. The van der Waals surface area contributed by atoms with E-state index in [0.717, 1.165) is 27.7 Å². The number of benzene rings is 2. The summed E-state index contributed by atoms with van der Waals surface area (Å²) in [4.78, 5) is 26.7. The van der Waals surface area contributed by atoms with Crippen LogP contribution in [-0.2, 0) is 6.54 Å². The summed E-state index contributed by atoms with van der Waals surface area (Å²) in [5.41, 5.74) is 4.32. The van der Waals surface area contributed by atoms with E-state index in [4.69, 9.17) is 0 Å². The molecule has 0 radical (unpaired) electrons. The van der Waals surface area contributed by atoms with Gasteiger partial charge in [-0.2, -0.15) is 0 Å². The van der Waals surface area contributed by atoms with Crippen molar-refractivity contribution in [2.24, 2.45) is 0 Å². The number of aromatic nitrogens is 1. The van der Waals surface area contributed by atoms with E-state index >= 15 is 0 Å². The fourth-order valence-corrected chi connectivity index (χ4v) is 3.15. The number of amides is 1. The highest BCUT2D eigenvalue weighted by molar-refractivity contribution is 6.07. The van der Waals surface area contributed by atoms with Crippen LogP contribution in [0.1, 0.15) is 28.4 Å². The molecule has 0 unspecified atom stereocenters. The Kier molecular flexibility index (Phi) is 4.45. The quantitative estimate of drug-likeness (QED) is 0.729. The van der Waals surface area contributed by atoms with Crippen LogP contribution in [0.15, 0.2) is 53.3 Å². The Balaban J connectivity index is 2.07. The molecule has 3 rings (SSSR count). The lowest BCUT2D eigenvalue weighted by Gasteiger charge is -2.19. The van der Waals surface area contributed by atoms with Crippen molar-refractivity contribution in [3.63, 3.8) is 0 Å². The number of aryl methyl sites for hydroxylation is 3. The van der Waals surface area contributed by atoms with Gasteiger partial charge < -0.3 is 9.47 Å². The van der Waals surface area contributed by atoms with E-state index in [2.05, 4.69) is 0 Å². The average Bonchev–Trinajstić information content (AvgIpc) is 2.60. The third-order valence-corrected chi connectivity index (χ3v) is 4.57. The minimum atomic E-state index is -0.0684. The summed E-state index contributed by atoms with van der Waals surface area (Å²) in [5.74, 6) is -0.0684. The summed E-state index contributed by atoms with van der Waals surface area (Å²) in [6.07, 6.45) is 0. The van der Waals surface area contributed by atoms with Gasteiger partial charge in [0, 0.05) is 36.3 Å². The molecule has 25 heavy (non-hydrogen) atoms. The van der Waals surface area contributed by atoms with Gasteiger partial charge in [0.05, 0.1) is 5.52 Å². The lowest BCUT2D eigenvalue weighted by atomic mass is 10.1. The number of carbonyl (C=O) groups is 1. The van der Waals surface area contributed by atoms with E-state index in [1.165, 1.54) is 0 Å². The van der Waals surface area contributed by atoms with Crippen molar-refractivity contribution in [3.8, 4) is 0 Å². The summed E-state index contributed by atoms with van der Waals surface area (Å²) < 4.78 is 1.72. The third kappa shape index (κ3) is 3.07. The van der Waals surface area contributed by atoms with Crippen LogP contribution in [0.25, 0.3) is 10.9 Å². The van der Waals surface area contributed by atoms with Gasteiger partial charge in [-0.25, -0.2) is 0 Å². The van der Waals surface area contributed by atoms with Gasteiger partial charge in [-0.1, -0.05) is 12.1 Å². The standard InChI is InChI=1S/C21H22N2O2/c1-5-23-19-10-9-16(13-18(19)15(3)12-20(23)24)21(25)22(4)17-8-6-7-14(2)11-17/h6-13H,5H2,1-4H3. The lowest BCUT2D eigenvalue weighted by Crippen LogP contribution is -2.26. The number of fused-ring (bicyclic) bond motifs is 1. The van der Waals surface area contributed by atoms with Crippen molar-refractivity contribution in [1.82, 2.24) is 4.57 Å². The second-order valence-corrected chi connectivity index (χ2v) is 6.34. The fourth-order valence-electron chi connectivity index (χ4n) is 3.15. The van der Waals surface area contributed by atoms with E-state index < -0.39 is 0 Å². The van der Waals surface area contributed by atoms with Crippen molar-refractivity contribution < 1.29 is 4.79 Å². The van der Waals surface area contributed by atoms with Crippen LogP contribution < -0.4 is 10.5 Å². The zero-order chi connectivity index (χ0) is 18.1. The van der Waals surface area contributed by atoms with Crippen molar-refractivity contribution in [3.05, 3.63) is 75.6 Å². The van der Waals surface area contributed by atoms with E-state index in [1.807, 2.05) is 57.2 Å². The number of hydrogen-bond donors (Lipinski definition) is 0. The van der Waals surface area contributed by atoms with Gasteiger partial charge in [-0.05, 0) is 62.2 Å². The van der Waals surface area contributed by atoms with Gasteiger partial charge in [-0.15, -0.1) is 0 Å². The number of carbonyl (C=O) groups excluding carboxylic acids is 1. The van der Waals surface area contributed by atoms with Gasteiger partial charge in [0.15, 0.2) is 0 Å². The molecule has 0 spiro atoms. The first-order chi connectivity index (χ1) is 11.9. The lowest BCUT2D eigenvalue weighted by molar-refractivity contribution is 0.0993. The Morgan fingerprint density at radius 1 is 1.08 bits per heavy atom. The Morgan fingerprint density at radius 2 is 1.84 bits per heavy atom. The Morgan fingerprint density at radius 3 is 2.52 bits per heavy atom. The maximum Gasteiger partial charge on any atom is 0.258 e. The Bertz CT molecular complexity index is 1020. The summed E-state index contributed by atoms with van der Waals surface area (Å²) in [7, 11) is 1.78. The van der Waals surface area contributed by atoms with E-state index in [9.17, 15) is 9.59 Å². The van der Waals surface area contributed by atoms with Gasteiger partial charge in [0.25, 0.3) is 11.5 Å². The molecule has 0 atom stereocenters. The van der Waals surface area contributed by atoms with Crippen LogP contribution in [0.5, 0.6) is 0 Å². The highest BCUT2D eigenvalue weighted by Crippen LogP contribution is 2.22. The summed E-state index contributed by atoms with van der Waals surface area (Å²) in [6, 6.07) is 15.0. The molecule has 2 aromatic carbocycles. The SMILES string of the molecule is CCn1c(=O)cc(C)c2cc(C(=O)N(C)c3cccc(C)c3)ccc21. The first-order valence-electron chi connectivity index (χ1n) is 8.41. The molecule has 0 fully saturated rings. The van der Waals surface area contributed by atoms with Crippen molar-refractivity contribution in [1.29, 1.82) is 0 Å². The number of nitrogens with zero attached hydrogens (tertiary/aromatic N) is 2. The van der Waals surface area contributed by atoms with Crippen LogP contribution in [0, 0.1) is 13.8 Å². The molecule has 0 aliphatic carbocycles. The highest BCUT2D eigenvalue weighted by atomic mass is 16.2. The molecule has 0 aliphatic rings. The first-order valence-corrected chi connectivity index (χ1v) is 8.41. The van der Waals surface area contributed by atoms with Crippen LogP contribution in [0.2, 0.25) is 0 Å². The van der Waals surface area contributed by atoms with Crippen LogP contribution in [0.3, 0.4) is 0 Å². The Labute approximate surface area is 147 Å². The van der Waals surface area contributed by atoms with Crippen LogP contribution in [0.4, 0.5) is 5.69 Å². The molecule has 3 aromatic rings. The molecule has 4 nitrogen and oxygen atoms in total. The molecule has 1 aromatic heterocycles. The van der Waals surface area contributed by atoms with Crippen molar-refractivity contribution in [2.75, 3.05) is 11.9 Å². The van der Waals surface area contributed by atoms with E-state index in [0.29, 0.717) is 12.1 Å². The molecule has 0 bridgehead atoms. The molecular formula is C21H22N2O2. The number of hydrogen-bond acceptors (Lipinski definition) is 2. The summed E-state index contributed by atoms with van der Waals surface area (Å²) >= 11 is 0. The molecule has 1 amide bonds. The maximum absolute atomic E-state index is 12.9. The molecule has 0 aliphatic heterocycles. The second-order valence-electron chi connectivity index (χ2n) is 6.34. The Hall–Kier alpha value is -2.88. The molecule has 1 heterocycles. The van der Waals surface area contributed by atoms with Gasteiger partial charge in [0.1, 0.15) is 0 Å². The fraction of sp³-hybridized carbons (Fsp3) is 0.238. The molecule has 0 N–H and O–H groups in total. The largest absolute Gasteiger partial charge is 0.311 e. The zero-order valence-corrected chi connectivity index (χ0v) is 15.0. The summed E-state index contributed by atoms with van der Waals surface area (Å²) in [6.45, 7) is 6.46. The minimum absolute atomic E-state index is 0.0107. The number of anilines is 1. The zero-order valence-electron chi connectivity index (χ0n) is 15.0. The van der Waals surface area contributed by atoms with Crippen LogP contribution in [-0.4, -0.2) is 17.5 Å².